The molecule has 20 heavy (non-hydrogen) atoms. The van der Waals surface area contributed by atoms with Gasteiger partial charge in [-0.25, -0.2) is 0 Å². The van der Waals surface area contributed by atoms with E-state index in [1.807, 2.05) is 19.9 Å². The Bertz CT molecular complexity index is 470. The van der Waals surface area contributed by atoms with Gasteiger partial charge in [-0.05, 0) is 56.3 Å². The summed E-state index contributed by atoms with van der Waals surface area (Å²) >= 11 is 0. The zero-order chi connectivity index (χ0) is 14.5. The average Bonchev–Trinajstić information content (AvgIpc) is 2.41. The molecule has 1 atom stereocenters. The van der Waals surface area contributed by atoms with Gasteiger partial charge in [-0.3, -0.25) is 4.79 Å². The van der Waals surface area contributed by atoms with Gasteiger partial charge in [0.25, 0.3) is 0 Å². The van der Waals surface area contributed by atoms with Crippen LogP contribution in [0.3, 0.4) is 0 Å². The number of benzene rings is 1. The van der Waals surface area contributed by atoms with Crippen molar-refractivity contribution in [3.63, 3.8) is 0 Å². The van der Waals surface area contributed by atoms with Crippen LogP contribution >= 0.6 is 0 Å². The summed E-state index contributed by atoms with van der Waals surface area (Å²) in [5.41, 5.74) is 3.24. The minimum absolute atomic E-state index is 0.122. The van der Waals surface area contributed by atoms with Gasteiger partial charge in [-0.2, -0.15) is 0 Å². The Morgan fingerprint density at radius 2 is 2.20 bits per heavy atom. The second-order valence-corrected chi connectivity index (χ2v) is 6.16. The van der Waals surface area contributed by atoms with E-state index in [-0.39, 0.29) is 5.91 Å². The van der Waals surface area contributed by atoms with Crippen LogP contribution < -0.4 is 5.32 Å². The average molecular weight is 274 g/mol. The molecule has 0 radical (unpaired) electrons. The number of carbonyl (C=O) groups excluding carboxylic acids is 1. The Balaban J connectivity index is 1.82. The lowest BCUT2D eigenvalue weighted by Crippen LogP contribution is -2.36. The van der Waals surface area contributed by atoms with Crippen molar-refractivity contribution in [1.29, 1.82) is 0 Å². The summed E-state index contributed by atoms with van der Waals surface area (Å²) in [6.45, 7) is 9.52. The van der Waals surface area contributed by atoms with E-state index in [0.29, 0.717) is 6.42 Å². The summed E-state index contributed by atoms with van der Waals surface area (Å²) < 4.78 is 0. The molecule has 0 aliphatic carbocycles. The molecule has 2 rings (SSSR count). The van der Waals surface area contributed by atoms with Crippen LogP contribution in [0.4, 0.5) is 5.69 Å². The summed E-state index contributed by atoms with van der Waals surface area (Å²) in [5.74, 6) is 0.891. The summed E-state index contributed by atoms with van der Waals surface area (Å²) in [5, 5.41) is 3.04. The van der Waals surface area contributed by atoms with Crippen molar-refractivity contribution in [2.75, 3.05) is 25.0 Å². The highest BCUT2D eigenvalue weighted by atomic mass is 16.1. The van der Waals surface area contributed by atoms with Crippen molar-refractivity contribution < 1.29 is 4.79 Å². The van der Waals surface area contributed by atoms with Crippen molar-refractivity contribution in [3.8, 4) is 0 Å². The molecule has 1 aliphatic heterocycles. The summed E-state index contributed by atoms with van der Waals surface area (Å²) in [7, 11) is 0. The lowest BCUT2D eigenvalue weighted by atomic mass is 10.0. The van der Waals surface area contributed by atoms with Crippen LogP contribution in [0.25, 0.3) is 0 Å². The Kier molecular flexibility index (Phi) is 5.18. The molecular weight excluding hydrogens is 248 g/mol. The lowest BCUT2D eigenvalue weighted by molar-refractivity contribution is -0.116. The van der Waals surface area contributed by atoms with Crippen molar-refractivity contribution in [1.82, 2.24) is 4.90 Å². The second kappa shape index (κ2) is 6.89. The molecule has 110 valence electrons. The molecule has 1 amide bonds. The number of nitrogens with zero attached hydrogens (tertiary/aromatic N) is 1. The van der Waals surface area contributed by atoms with Crippen molar-refractivity contribution >= 4 is 11.6 Å². The largest absolute Gasteiger partial charge is 0.326 e. The highest BCUT2D eigenvalue weighted by Gasteiger charge is 2.16. The minimum Gasteiger partial charge on any atom is -0.326 e. The van der Waals surface area contributed by atoms with Gasteiger partial charge in [-0.1, -0.05) is 19.1 Å². The fraction of sp³-hybridized carbons (Fsp3) is 0.588. The van der Waals surface area contributed by atoms with E-state index >= 15 is 0 Å². The van der Waals surface area contributed by atoms with Gasteiger partial charge in [0.1, 0.15) is 0 Å². The molecule has 3 nitrogen and oxygen atoms in total. The summed E-state index contributed by atoms with van der Waals surface area (Å²) in [6.07, 6.45) is 3.17. The first-order chi connectivity index (χ1) is 9.54. The summed E-state index contributed by atoms with van der Waals surface area (Å²) in [4.78, 5) is 14.5. The molecule has 0 unspecified atom stereocenters. The second-order valence-electron chi connectivity index (χ2n) is 6.16. The Morgan fingerprint density at radius 1 is 1.40 bits per heavy atom. The fourth-order valence-corrected chi connectivity index (χ4v) is 2.83. The SMILES string of the molecule is Cc1ccc(C)c(NC(=O)CCN2CCC[C@@H](C)C2)c1. The van der Waals surface area contributed by atoms with Crippen LogP contribution in [0.2, 0.25) is 0 Å². The number of carbonyl (C=O) groups is 1. The molecule has 1 saturated heterocycles. The first-order valence-electron chi connectivity index (χ1n) is 7.64. The van der Waals surface area contributed by atoms with Crippen molar-refractivity contribution in [3.05, 3.63) is 29.3 Å². The number of hydrogen-bond donors (Lipinski definition) is 1. The molecule has 0 saturated carbocycles. The number of amides is 1. The third-order valence-electron chi connectivity index (χ3n) is 4.06. The molecular formula is C17H26N2O. The minimum atomic E-state index is 0.122. The number of likely N-dealkylation sites (tertiary alicyclic amines) is 1. The molecule has 0 aromatic heterocycles. The maximum atomic E-state index is 12.1. The zero-order valence-corrected chi connectivity index (χ0v) is 12.9. The molecule has 1 aliphatic rings. The van der Waals surface area contributed by atoms with E-state index in [0.717, 1.165) is 36.8 Å². The van der Waals surface area contributed by atoms with Gasteiger partial charge in [0.05, 0.1) is 0 Å². The van der Waals surface area contributed by atoms with E-state index in [2.05, 4.69) is 29.3 Å². The van der Waals surface area contributed by atoms with Gasteiger partial charge < -0.3 is 10.2 Å². The molecule has 1 heterocycles. The van der Waals surface area contributed by atoms with E-state index in [1.54, 1.807) is 0 Å². The number of piperidine rings is 1. The smallest absolute Gasteiger partial charge is 0.225 e. The number of aryl methyl sites for hydroxylation is 2. The van der Waals surface area contributed by atoms with Crippen LogP contribution in [0, 0.1) is 19.8 Å². The third kappa shape index (κ3) is 4.34. The van der Waals surface area contributed by atoms with E-state index < -0.39 is 0 Å². The normalized spacial score (nSPS) is 19.9. The van der Waals surface area contributed by atoms with Gasteiger partial charge >= 0.3 is 0 Å². The molecule has 3 heteroatoms. The Labute approximate surface area is 122 Å². The van der Waals surface area contributed by atoms with Crippen LogP contribution in [0.1, 0.15) is 37.3 Å². The number of hydrogen-bond acceptors (Lipinski definition) is 2. The first-order valence-corrected chi connectivity index (χ1v) is 7.64. The number of anilines is 1. The predicted octanol–water partition coefficient (Wildman–Crippen LogP) is 3.36. The molecule has 1 N–H and O–H groups in total. The van der Waals surface area contributed by atoms with Gasteiger partial charge in [0.15, 0.2) is 0 Å². The quantitative estimate of drug-likeness (QED) is 0.913. The van der Waals surface area contributed by atoms with E-state index in [9.17, 15) is 4.79 Å². The van der Waals surface area contributed by atoms with E-state index in [4.69, 9.17) is 0 Å². The maximum absolute atomic E-state index is 12.1. The number of rotatable bonds is 4. The van der Waals surface area contributed by atoms with Crippen LogP contribution in [0.5, 0.6) is 0 Å². The summed E-state index contributed by atoms with van der Waals surface area (Å²) in [6, 6.07) is 6.16. The van der Waals surface area contributed by atoms with Gasteiger partial charge in [0, 0.05) is 25.2 Å². The van der Waals surface area contributed by atoms with Crippen molar-refractivity contribution in [2.45, 2.75) is 40.0 Å². The highest BCUT2D eigenvalue weighted by Crippen LogP contribution is 2.18. The third-order valence-corrected chi connectivity index (χ3v) is 4.06. The van der Waals surface area contributed by atoms with Crippen LogP contribution in [0.15, 0.2) is 18.2 Å². The maximum Gasteiger partial charge on any atom is 0.225 e. The first kappa shape index (κ1) is 15.0. The van der Waals surface area contributed by atoms with Gasteiger partial charge in [0.2, 0.25) is 5.91 Å². The van der Waals surface area contributed by atoms with Crippen LogP contribution in [-0.4, -0.2) is 30.4 Å². The molecule has 0 spiro atoms. The zero-order valence-electron chi connectivity index (χ0n) is 12.9. The van der Waals surface area contributed by atoms with Crippen LogP contribution in [-0.2, 0) is 4.79 Å². The molecule has 1 aromatic carbocycles. The predicted molar refractivity (Wildman–Crippen MR) is 84.0 cm³/mol. The molecule has 1 fully saturated rings. The van der Waals surface area contributed by atoms with Crippen molar-refractivity contribution in [2.24, 2.45) is 5.92 Å². The standard InChI is InChI=1S/C17H26N2O/c1-13-6-7-15(3)16(11-13)18-17(20)8-10-19-9-4-5-14(2)12-19/h6-7,11,14H,4-5,8-10,12H2,1-3H3,(H,18,20)/t14-/m1/s1. The fourth-order valence-electron chi connectivity index (χ4n) is 2.83. The monoisotopic (exact) mass is 274 g/mol. The number of nitrogens with one attached hydrogen (secondary N) is 1. The molecule has 0 bridgehead atoms. The lowest BCUT2D eigenvalue weighted by Gasteiger charge is -2.30. The topological polar surface area (TPSA) is 32.3 Å². The Hall–Kier alpha value is -1.35. The van der Waals surface area contributed by atoms with Gasteiger partial charge in [-0.15, -0.1) is 0 Å². The van der Waals surface area contributed by atoms with E-state index in [1.165, 1.54) is 18.4 Å². The Morgan fingerprint density at radius 3 is 2.95 bits per heavy atom. The molecule has 1 aromatic rings. The highest BCUT2D eigenvalue weighted by molar-refractivity contribution is 5.91.